The van der Waals surface area contributed by atoms with Crippen LogP contribution in [0.2, 0.25) is 0 Å². The topological polar surface area (TPSA) is 26.7 Å². The lowest BCUT2D eigenvalue weighted by Crippen LogP contribution is -2.35. The van der Waals surface area contributed by atoms with E-state index < -0.39 is 0 Å². The molecule has 0 bridgehead atoms. The van der Waals surface area contributed by atoms with Crippen LogP contribution in [0, 0.1) is 0 Å². The van der Waals surface area contributed by atoms with E-state index in [1.807, 2.05) is 0 Å². The first-order valence-corrected chi connectivity index (χ1v) is 8.42. The van der Waals surface area contributed by atoms with E-state index in [1.54, 1.807) is 11.1 Å². The molecule has 3 nitrogen and oxygen atoms in total. The Hall–Kier alpha value is -0.900. The first-order valence-electron chi connectivity index (χ1n) is 8.42. The summed E-state index contributed by atoms with van der Waals surface area (Å²) in [4.78, 5) is 4.90. The largest absolute Gasteiger partial charge is 0.395 e. The molecule has 0 aliphatic carbocycles. The van der Waals surface area contributed by atoms with Crippen LogP contribution in [-0.2, 0) is 0 Å². The normalized spacial score (nSPS) is 25.5. The van der Waals surface area contributed by atoms with Gasteiger partial charge in [-0.15, -0.1) is 0 Å². The van der Waals surface area contributed by atoms with Gasteiger partial charge in [-0.25, -0.2) is 0 Å². The molecule has 1 atom stereocenters. The van der Waals surface area contributed by atoms with Gasteiger partial charge in [0, 0.05) is 12.6 Å². The molecular weight excluding hydrogens is 260 g/mol. The van der Waals surface area contributed by atoms with Gasteiger partial charge >= 0.3 is 0 Å². The van der Waals surface area contributed by atoms with Crippen molar-refractivity contribution in [2.24, 2.45) is 0 Å². The molecule has 2 fully saturated rings. The Bertz CT molecular complexity index is 454. The van der Waals surface area contributed by atoms with E-state index in [4.69, 9.17) is 5.11 Å². The molecule has 2 aliphatic rings. The van der Waals surface area contributed by atoms with Crippen molar-refractivity contribution in [2.45, 2.75) is 37.6 Å². The number of β-amino-alcohol motifs (C(OH)–C–C–N with tert-alkyl or cyclic N) is 1. The molecule has 1 unspecified atom stereocenters. The second-order valence-corrected chi connectivity index (χ2v) is 6.61. The highest BCUT2D eigenvalue weighted by molar-refractivity contribution is 5.34. The van der Waals surface area contributed by atoms with Gasteiger partial charge < -0.3 is 10.0 Å². The van der Waals surface area contributed by atoms with Crippen molar-refractivity contribution >= 4 is 0 Å². The molecule has 1 N–H and O–H groups in total. The van der Waals surface area contributed by atoms with E-state index in [0.29, 0.717) is 12.0 Å². The Morgan fingerprint density at radius 3 is 2.38 bits per heavy atom. The molecule has 3 rings (SSSR count). The Morgan fingerprint density at radius 2 is 1.76 bits per heavy atom. The van der Waals surface area contributed by atoms with Crippen molar-refractivity contribution in [2.75, 3.05) is 39.8 Å². The quantitative estimate of drug-likeness (QED) is 0.922. The molecule has 0 aromatic heterocycles. The molecule has 1 aromatic carbocycles. The van der Waals surface area contributed by atoms with E-state index >= 15 is 0 Å². The maximum absolute atomic E-state index is 9.07. The predicted octanol–water partition coefficient (Wildman–Crippen LogP) is 2.63. The second-order valence-electron chi connectivity index (χ2n) is 6.61. The third kappa shape index (κ3) is 3.31. The van der Waals surface area contributed by atoms with E-state index in [-0.39, 0.29) is 6.61 Å². The van der Waals surface area contributed by atoms with Crippen LogP contribution >= 0.6 is 0 Å². The van der Waals surface area contributed by atoms with Crippen LogP contribution in [0.25, 0.3) is 0 Å². The summed E-state index contributed by atoms with van der Waals surface area (Å²) in [5.41, 5.74) is 3.15. The lowest BCUT2D eigenvalue weighted by Gasteiger charge is -2.34. The molecule has 1 aromatic rings. The Morgan fingerprint density at radius 1 is 1.05 bits per heavy atom. The zero-order valence-electron chi connectivity index (χ0n) is 13.2. The SMILES string of the molecule is CN1CCCC1c1ccccc1C1CCN(CCO)CC1. The van der Waals surface area contributed by atoms with Crippen molar-refractivity contribution in [1.29, 1.82) is 0 Å². The van der Waals surface area contributed by atoms with Crippen LogP contribution in [0.4, 0.5) is 0 Å². The molecule has 116 valence electrons. The summed E-state index contributed by atoms with van der Waals surface area (Å²) >= 11 is 0. The van der Waals surface area contributed by atoms with Crippen molar-refractivity contribution < 1.29 is 5.11 Å². The van der Waals surface area contributed by atoms with Crippen LogP contribution in [0.1, 0.15) is 48.8 Å². The van der Waals surface area contributed by atoms with Gasteiger partial charge in [-0.05, 0) is 69.4 Å². The highest BCUT2D eigenvalue weighted by atomic mass is 16.3. The number of aliphatic hydroxyl groups excluding tert-OH is 1. The van der Waals surface area contributed by atoms with Gasteiger partial charge in [0.2, 0.25) is 0 Å². The fourth-order valence-electron chi connectivity index (χ4n) is 4.10. The fraction of sp³-hybridized carbons (Fsp3) is 0.667. The van der Waals surface area contributed by atoms with Gasteiger partial charge in [-0.1, -0.05) is 24.3 Å². The van der Waals surface area contributed by atoms with Crippen LogP contribution in [0.15, 0.2) is 24.3 Å². The van der Waals surface area contributed by atoms with Crippen molar-refractivity contribution in [3.8, 4) is 0 Å². The van der Waals surface area contributed by atoms with Crippen LogP contribution in [-0.4, -0.2) is 54.7 Å². The zero-order valence-corrected chi connectivity index (χ0v) is 13.2. The summed E-state index contributed by atoms with van der Waals surface area (Å²) in [6.45, 7) is 4.60. The van der Waals surface area contributed by atoms with Gasteiger partial charge in [-0.2, -0.15) is 0 Å². The monoisotopic (exact) mass is 288 g/mol. The molecular formula is C18H28N2O. The molecule has 2 aliphatic heterocycles. The number of likely N-dealkylation sites (tertiary alicyclic amines) is 2. The highest BCUT2D eigenvalue weighted by Crippen LogP contribution is 2.38. The second kappa shape index (κ2) is 6.91. The standard InChI is InChI=1S/C18H28N2O/c1-19-10-4-7-18(19)17-6-3-2-5-16(17)15-8-11-20(12-9-15)13-14-21/h2-3,5-6,15,18,21H,4,7-14H2,1H3. The minimum absolute atomic E-state index is 0.286. The fourth-order valence-corrected chi connectivity index (χ4v) is 4.10. The zero-order chi connectivity index (χ0) is 14.7. The highest BCUT2D eigenvalue weighted by Gasteiger charge is 2.28. The lowest BCUT2D eigenvalue weighted by molar-refractivity contribution is 0.164. The van der Waals surface area contributed by atoms with Crippen LogP contribution in [0.5, 0.6) is 0 Å². The van der Waals surface area contributed by atoms with Crippen LogP contribution in [0.3, 0.4) is 0 Å². The number of benzene rings is 1. The third-order valence-corrected chi connectivity index (χ3v) is 5.32. The van der Waals surface area contributed by atoms with E-state index in [9.17, 15) is 0 Å². The summed E-state index contributed by atoms with van der Waals surface area (Å²) in [7, 11) is 2.26. The van der Waals surface area contributed by atoms with Crippen molar-refractivity contribution in [1.82, 2.24) is 9.80 Å². The van der Waals surface area contributed by atoms with Crippen LogP contribution < -0.4 is 0 Å². The summed E-state index contributed by atoms with van der Waals surface area (Å²) in [5, 5.41) is 9.07. The summed E-state index contributed by atoms with van der Waals surface area (Å²) in [6, 6.07) is 9.73. The Kier molecular flexibility index (Phi) is 4.94. The number of nitrogens with zero attached hydrogens (tertiary/aromatic N) is 2. The van der Waals surface area contributed by atoms with Gasteiger partial charge in [0.15, 0.2) is 0 Å². The molecule has 0 radical (unpaired) electrons. The molecule has 2 saturated heterocycles. The maximum atomic E-state index is 9.07. The van der Waals surface area contributed by atoms with Crippen molar-refractivity contribution in [3.63, 3.8) is 0 Å². The Labute approximate surface area is 128 Å². The number of hydrogen-bond acceptors (Lipinski definition) is 3. The number of piperidine rings is 1. The molecule has 21 heavy (non-hydrogen) atoms. The van der Waals surface area contributed by atoms with Gasteiger partial charge in [0.05, 0.1) is 6.61 Å². The smallest absolute Gasteiger partial charge is 0.0558 e. The minimum atomic E-state index is 0.286. The first-order chi connectivity index (χ1) is 10.3. The average Bonchev–Trinajstić information content (AvgIpc) is 2.94. The van der Waals surface area contributed by atoms with Crippen molar-refractivity contribution in [3.05, 3.63) is 35.4 Å². The maximum Gasteiger partial charge on any atom is 0.0558 e. The average molecular weight is 288 g/mol. The third-order valence-electron chi connectivity index (χ3n) is 5.32. The summed E-state index contributed by atoms with van der Waals surface area (Å²) in [6.07, 6.45) is 5.09. The molecule has 0 amide bonds. The summed E-state index contributed by atoms with van der Waals surface area (Å²) < 4.78 is 0. The molecule has 3 heteroatoms. The minimum Gasteiger partial charge on any atom is -0.395 e. The molecule has 2 heterocycles. The number of hydrogen-bond donors (Lipinski definition) is 1. The predicted molar refractivity (Wildman–Crippen MR) is 86.5 cm³/mol. The van der Waals surface area contributed by atoms with E-state index in [1.165, 1.54) is 32.2 Å². The molecule has 0 saturated carbocycles. The number of rotatable bonds is 4. The molecule has 0 spiro atoms. The van der Waals surface area contributed by atoms with Gasteiger partial charge in [0.25, 0.3) is 0 Å². The Balaban J connectivity index is 1.74. The first kappa shape index (κ1) is 15.0. The van der Waals surface area contributed by atoms with E-state index in [0.717, 1.165) is 19.6 Å². The van der Waals surface area contributed by atoms with Gasteiger partial charge in [0.1, 0.15) is 0 Å². The van der Waals surface area contributed by atoms with Gasteiger partial charge in [-0.3, -0.25) is 4.90 Å². The lowest BCUT2D eigenvalue weighted by atomic mass is 9.84. The summed E-state index contributed by atoms with van der Waals surface area (Å²) in [5.74, 6) is 0.699. The number of aliphatic hydroxyl groups is 1. The van der Waals surface area contributed by atoms with E-state index in [2.05, 4.69) is 41.1 Å².